The highest BCUT2D eigenvalue weighted by molar-refractivity contribution is 5.79. The number of ether oxygens (including phenoxy) is 2. The quantitative estimate of drug-likeness (QED) is 0.867. The summed E-state index contributed by atoms with van der Waals surface area (Å²) in [5, 5.41) is 9.17. The zero-order chi connectivity index (χ0) is 16.8. The Morgan fingerprint density at radius 3 is 2.48 bits per heavy atom. The van der Waals surface area contributed by atoms with E-state index in [4.69, 9.17) is 9.47 Å². The van der Waals surface area contributed by atoms with Gasteiger partial charge in [-0.25, -0.2) is 0 Å². The molecule has 1 aliphatic rings. The Balaban J connectivity index is 1.95. The summed E-state index contributed by atoms with van der Waals surface area (Å²) in [4.78, 5) is 25.1. The van der Waals surface area contributed by atoms with Gasteiger partial charge in [-0.1, -0.05) is 19.1 Å². The highest BCUT2D eigenvalue weighted by Crippen LogP contribution is 2.27. The molecule has 126 valence electrons. The molecule has 1 N–H and O–H groups in total. The van der Waals surface area contributed by atoms with Crippen LogP contribution in [-0.4, -0.2) is 48.2 Å². The third-order valence-electron chi connectivity index (χ3n) is 3.86. The molecule has 6 heteroatoms. The summed E-state index contributed by atoms with van der Waals surface area (Å²) in [5.41, 5.74) is 0. The summed E-state index contributed by atoms with van der Waals surface area (Å²) in [6.45, 7) is 5.04. The molecule has 0 radical (unpaired) electrons. The maximum Gasteiger partial charge on any atom is 0.308 e. The van der Waals surface area contributed by atoms with Gasteiger partial charge in [0, 0.05) is 13.1 Å². The van der Waals surface area contributed by atoms with E-state index in [0.717, 1.165) is 0 Å². The van der Waals surface area contributed by atoms with Crippen molar-refractivity contribution in [1.29, 1.82) is 0 Å². The van der Waals surface area contributed by atoms with Gasteiger partial charge in [-0.15, -0.1) is 0 Å². The third-order valence-corrected chi connectivity index (χ3v) is 3.86. The Kier molecular flexibility index (Phi) is 5.84. The summed E-state index contributed by atoms with van der Waals surface area (Å²) >= 11 is 0. The first-order valence-corrected chi connectivity index (χ1v) is 7.86. The van der Waals surface area contributed by atoms with Crippen LogP contribution < -0.4 is 9.47 Å². The lowest BCUT2D eigenvalue weighted by Crippen LogP contribution is -2.47. The minimum absolute atomic E-state index is 0.122. The Morgan fingerprint density at radius 2 is 1.87 bits per heavy atom. The highest BCUT2D eigenvalue weighted by Gasteiger charge is 2.31. The first kappa shape index (κ1) is 17.1. The van der Waals surface area contributed by atoms with E-state index in [1.165, 1.54) is 0 Å². The monoisotopic (exact) mass is 321 g/mol. The van der Waals surface area contributed by atoms with Crippen LogP contribution in [0.2, 0.25) is 0 Å². The van der Waals surface area contributed by atoms with Gasteiger partial charge in [0.25, 0.3) is 5.91 Å². The third kappa shape index (κ3) is 4.61. The molecule has 2 rings (SSSR count). The predicted octanol–water partition coefficient (Wildman–Crippen LogP) is 2.03. The van der Waals surface area contributed by atoms with E-state index in [-0.39, 0.29) is 25.0 Å². The zero-order valence-corrected chi connectivity index (χ0v) is 13.5. The summed E-state index contributed by atoms with van der Waals surface area (Å²) < 4.78 is 11.0. The molecular weight excluding hydrogens is 298 g/mol. The number of carboxylic acid groups (broad SMARTS) is 1. The Bertz CT molecular complexity index is 560. The van der Waals surface area contributed by atoms with Gasteiger partial charge in [-0.2, -0.15) is 0 Å². The number of likely N-dealkylation sites (tertiary alicyclic amines) is 1. The Labute approximate surface area is 136 Å². The van der Waals surface area contributed by atoms with Crippen molar-refractivity contribution < 1.29 is 24.2 Å². The summed E-state index contributed by atoms with van der Waals surface area (Å²) in [6.07, 6.45) is 0.604. The molecule has 0 spiro atoms. The Morgan fingerprint density at radius 1 is 1.22 bits per heavy atom. The van der Waals surface area contributed by atoms with Gasteiger partial charge < -0.3 is 19.5 Å². The fraction of sp³-hybridized carbons (Fsp3) is 0.529. The second-order valence-electron chi connectivity index (χ2n) is 5.84. The number of hydrogen-bond donors (Lipinski definition) is 1. The fourth-order valence-corrected chi connectivity index (χ4v) is 2.81. The van der Waals surface area contributed by atoms with Crippen LogP contribution in [0.4, 0.5) is 0 Å². The SMILES string of the molecule is CCOc1ccccc1OCC(=O)N1CC(C)CC(C(=O)O)C1. The van der Waals surface area contributed by atoms with Crippen molar-refractivity contribution in [3.63, 3.8) is 0 Å². The van der Waals surface area contributed by atoms with E-state index >= 15 is 0 Å². The number of aliphatic carboxylic acids is 1. The molecule has 0 aliphatic carbocycles. The number of carboxylic acids is 1. The number of nitrogens with zero attached hydrogens (tertiary/aromatic N) is 1. The molecule has 0 bridgehead atoms. The highest BCUT2D eigenvalue weighted by atomic mass is 16.5. The minimum atomic E-state index is -0.850. The smallest absolute Gasteiger partial charge is 0.308 e. The van der Waals surface area contributed by atoms with Crippen LogP contribution in [0.25, 0.3) is 0 Å². The average Bonchev–Trinajstić information content (AvgIpc) is 2.53. The number of hydrogen-bond acceptors (Lipinski definition) is 4. The van der Waals surface area contributed by atoms with Crippen LogP contribution in [-0.2, 0) is 9.59 Å². The number of rotatable bonds is 6. The maximum absolute atomic E-state index is 12.3. The fourth-order valence-electron chi connectivity index (χ4n) is 2.81. The topological polar surface area (TPSA) is 76.1 Å². The number of para-hydroxylation sites is 2. The van der Waals surface area contributed by atoms with Gasteiger partial charge in [-0.3, -0.25) is 9.59 Å². The number of piperidine rings is 1. The lowest BCUT2D eigenvalue weighted by atomic mass is 9.90. The van der Waals surface area contributed by atoms with Gasteiger partial charge in [-0.05, 0) is 31.4 Å². The van der Waals surface area contributed by atoms with Gasteiger partial charge in [0.1, 0.15) is 0 Å². The zero-order valence-electron chi connectivity index (χ0n) is 13.5. The van der Waals surface area contributed by atoms with Gasteiger partial charge in [0.15, 0.2) is 18.1 Å². The minimum Gasteiger partial charge on any atom is -0.490 e. The molecule has 1 aromatic rings. The summed E-state index contributed by atoms with van der Waals surface area (Å²) in [6, 6.07) is 7.18. The van der Waals surface area contributed by atoms with Gasteiger partial charge >= 0.3 is 5.97 Å². The van der Waals surface area contributed by atoms with Crippen LogP contribution in [0.3, 0.4) is 0 Å². The molecule has 23 heavy (non-hydrogen) atoms. The lowest BCUT2D eigenvalue weighted by molar-refractivity contribution is -0.147. The van der Waals surface area contributed by atoms with Crippen LogP contribution in [0.5, 0.6) is 11.5 Å². The lowest BCUT2D eigenvalue weighted by Gasteiger charge is -2.34. The first-order chi connectivity index (χ1) is 11.0. The number of carbonyl (C=O) groups excluding carboxylic acids is 1. The normalized spacial score (nSPS) is 20.9. The summed E-state index contributed by atoms with van der Waals surface area (Å²) in [5.74, 6) is -0.269. The molecular formula is C17H23NO5. The first-order valence-electron chi connectivity index (χ1n) is 7.86. The molecule has 1 amide bonds. The van der Waals surface area contributed by atoms with Crippen LogP contribution in [0, 0.1) is 11.8 Å². The van der Waals surface area contributed by atoms with Crippen molar-refractivity contribution in [2.45, 2.75) is 20.3 Å². The van der Waals surface area contributed by atoms with Crippen LogP contribution in [0.15, 0.2) is 24.3 Å². The van der Waals surface area contributed by atoms with Crippen molar-refractivity contribution in [2.75, 3.05) is 26.3 Å². The van der Waals surface area contributed by atoms with Gasteiger partial charge in [0.05, 0.1) is 12.5 Å². The van der Waals surface area contributed by atoms with Crippen molar-refractivity contribution in [3.05, 3.63) is 24.3 Å². The standard InChI is InChI=1S/C17H23NO5/c1-3-22-14-6-4-5-7-15(14)23-11-16(19)18-9-12(2)8-13(10-18)17(20)21/h4-7,12-13H,3,8-11H2,1-2H3,(H,20,21). The van der Waals surface area contributed by atoms with Gasteiger partial charge in [0.2, 0.25) is 0 Å². The van der Waals surface area contributed by atoms with E-state index in [9.17, 15) is 14.7 Å². The molecule has 1 aliphatic heterocycles. The number of carbonyl (C=O) groups is 2. The molecule has 1 aromatic carbocycles. The average molecular weight is 321 g/mol. The number of benzene rings is 1. The van der Waals surface area contributed by atoms with Crippen molar-refractivity contribution >= 4 is 11.9 Å². The van der Waals surface area contributed by atoms with Crippen LogP contribution in [0.1, 0.15) is 20.3 Å². The van der Waals surface area contributed by atoms with E-state index in [1.807, 2.05) is 26.0 Å². The van der Waals surface area contributed by atoms with E-state index in [0.29, 0.717) is 31.1 Å². The molecule has 0 saturated carbocycles. The molecule has 6 nitrogen and oxygen atoms in total. The molecule has 1 saturated heterocycles. The van der Waals surface area contributed by atoms with Crippen LogP contribution >= 0.6 is 0 Å². The molecule has 1 heterocycles. The summed E-state index contributed by atoms with van der Waals surface area (Å²) in [7, 11) is 0. The van der Waals surface area contributed by atoms with Crippen molar-refractivity contribution in [1.82, 2.24) is 4.90 Å². The second-order valence-corrected chi connectivity index (χ2v) is 5.84. The molecule has 2 unspecified atom stereocenters. The van der Waals surface area contributed by atoms with Crippen molar-refractivity contribution in [3.8, 4) is 11.5 Å². The van der Waals surface area contributed by atoms with E-state index < -0.39 is 11.9 Å². The molecule has 0 aromatic heterocycles. The van der Waals surface area contributed by atoms with E-state index in [2.05, 4.69) is 0 Å². The largest absolute Gasteiger partial charge is 0.490 e. The van der Waals surface area contributed by atoms with E-state index in [1.54, 1.807) is 17.0 Å². The molecule has 2 atom stereocenters. The predicted molar refractivity (Wildman–Crippen MR) is 84.6 cm³/mol. The maximum atomic E-state index is 12.3. The number of amides is 1. The van der Waals surface area contributed by atoms with Crippen molar-refractivity contribution in [2.24, 2.45) is 11.8 Å². The second kappa shape index (κ2) is 7.85. The molecule has 1 fully saturated rings. The Hall–Kier alpha value is -2.24.